The number of fused-ring (bicyclic) bond motifs is 4. The van der Waals surface area contributed by atoms with Crippen molar-refractivity contribution in [3.8, 4) is 11.3 Å². The summed E-state index contributed by atoms with van der Waals surface area (Å²) in [5.74, 6) is 1.41. The van der Waals surface area contributed by atoms with Crippen molar-refractivity contribution < 1.29 is 13.2 Å². The van der Waals surface area contributed by atoms with E-state index in [1.807, 2.05) is 18.7 Å². The molecule has 2 saturated heterocycles. The van der Waals surface area contributed by atoms with Crippen LogP contribution in [0.5, 0.6) is 0 Å². The van der Waals surface area contributed by atoms with E-state index in [4.69, 9.17) is 5.14 Å². The second-order valence-corrected chi connectivity index (χ2v) is 10.5. The summed E-state index contributed by atoms with van der Waals surface area (Å²) in [6.07, 6.45) is 6.66. The van der Waals surface area contributed by atoms with Crippen LogP contribution < -0.4 is 5.14 Å². The average Bonchev–Trinajstić information content (AvgIpc) is 2.96. The number of amides is 1. The van der Waals surface area contributed by atoms with Gasteiger partial charge in [-0.3, -0.25) is 4.79 Å². The molecule has 1 atom stereocenters. The molecule has 2 N–H and O–H groups in total. The van der Waals surface area contributed by atoms with Crippen molar-refractivity contribution in [2.45, 2.75) is 50.5 Å². The third-order valence-electron chi connectivity index (χ3n) is 6.39. The first-order valence-electron chi connectivity index (χ1n) is 10.6. The standard InChI is InChI=1S/C21H29N5O3S/c1-14(2)20(21(27)25-11-15-3-4-16(12-25)6-5-15)26-13-19(23-24-26)17-7-9-18(10-8-17)30(22,28)29/h7-10,13-16,20H,3-6,11-12H2,1-2H3,(H2,22,28,29)/t15?,16?,20-/m1/s1. The molecule has 1 aromatic carbocycles. The van der Waals surface area contributed by atoms with Crippen LogP contribution >= 0.6 is 0 Å². The number of rotatable bonds is 5. The molecule has 1 aliphatic carbocycles. The van der Waals surface area contributed by atoms with Gasteiger partial charge in [0.1, 0.15) is 11.7 Å². The van der Waals surface area contributed by atoms with Gasteiger partial charge in [0.15, 0.2) is 0 Å². The second kappa shape index (κ2) is 8.11. The summed E-state index contributed by atoms with van der Waals surface area (Å²) < 4.78 is 24.6. The molecular weight excluding hydrogens is 402 g/mol. The lowest BCUT2D eigenvalue weighted by atomic mass is 9.84. The Bertz CT molecular complexity index is 994. The van der Waals surface area contributed by atoms with E-state index in [-0.39, 0.29) is 16.7 Å². The van der Waals surface area contributed by atoms with Crippen molar-refractivity contribution in [2.75, 3.05) is 13.1 Å². The van der Waals surface area contributed by atoms with E-state index < -0.39 is 16.1 Å². The van der Waals surface area contributed by atoms with Gasteiger partial charge in [0.25, 0.3) is 0 Å². The number of benzene rings is 1. The van der Waals surface area contributed by atoms with Gasteiger partial charge < -0.3 is 4.90 Å². The smallest absolute Gasteiger partial charge is 0.247 e. The average molecular weight is 432 g/mol. The van der Waals surface area contributed by atoms with Gasteiger partial charge in [-0.05, 0) is 55.6 Å². The van der Waals surface area contributed by atoms with Crippen molar-refractivity contribution in [1.82, 2.24) is 19.9 Å². The van der Waals surface area contributed by atoms with Crippen molar-refractivity contribution in [1.29, 1.82) is 0 Å². The quantitative estimate of drug-likeness (QED) is 0.782. The van der Waals surface area contributed by atoms with Crippen LogP contribution in [0.2, 0.25) is 0 Å². The van der Waals surface area contributed by atoms with Crippen molar-refractivity contribution in [2.24, 2.45) is 22.9 Å². The predicted octanol–water partition coefficient (Wildman–Crippen LogP) is 2.44. The van der Waals surface area contributed by atoms with Crippen LogP contribution in [0.3, 0.4) is 0 Å². The van der Waals surface area contributed by atoms with Crippen LogP contribution in [0.1, 0.15) is 45.6 Å². The van der Waals surface area contributed by atoms with E-state index in [2.05, 4.69) is 10.3 Å². The molecule has 0 unspecified atom stereocenters. The Morgan fingerprint density at radius 3 is 2.13 bits per heavy atom. The Hall–Kier alpha value is -2.26. The van der Waals surface area contributed by atoms with Gasteiger partial charge in [0.2, 0.25) is 15.9 Å². The second-order valence-electron chi connectivity index (χ2n) is 8.97. The van der Waals surface area contributed by atoms with Crippen LogP contribution in [0, 0.1) is 17.8 Å². The first kappa shape index (κ1) is 21.0. The molecule has 1 saturated carbocycles. The number of aromatic nitrogens is 3. The molecule has 8 nitrogen and oxygen atoms in total. The zero-order valence-corrected chi connectivity index (χ0v) is 18.3. The van der Waals surface area contributed by atoms with Gasteiger partial charge in [0.05, 0.1) is 11.1 Å². The van der Waals surface area contributed by atoms with E-state index in [0.717, 1.165) is 18.7 Å². The minimum absolute atomic E-state index is 0.0460. The summed E-state index contributed by atoms with van der Waals surface area (Å²) in [7, 11) is -3.74. The number of primary sulfonamides is 1. The molecule has 30 heavy (non-hydrogen) atoms. The van der Waals surface area contributed by atoms with Gasteiger partial charge in [0, 0.05) is 18.7 Å². The number of nitrogens with zero attached hydrogens (tertiary/aromatic N) is 4. The summed E-state index contributed by atoms with van der Waals surface area (Å²) >= 11 is 0. The van der Waals surface area contributed by atoms with Crippen LogP contribution in [0.25, 0.3) is 11.3 Å². The summed E-state index contributed by atoms with van der Waals surface area (Å²) in [6.45, 7) is 5.73. The Balaban J connectivity index is 1.57. The van der Waals surface area contributed by atoms with Gasteiger partial charge >= 0.3 is 0 Å². The summed E-state index contributed by atoms with van der Waals surface area (Å²) in [4.78, 5) is 15.6. The van der Waals surface area contributed by atoms with E-state index in [9.17, 15) is 13.2 Å². The summed E-state index contributed by atoms with van der Waals surface area (Å²) in [5, 5.41) is 13.6. The molecule has 162 valence electrons. The monoisotopic (exact) mass is 431 g/mol. The van der Waals surface area contributed by atoms with Gasteiger partial charge in [-0.1, -0.05) is 31.2 Å². The maximum Gasteiger partial charge on any atom is 0.247 e. The number of hydrogen-bond acceptors (Lipinski definition) is 5. The SMILES string of the molecule is CC(C)[C@H](C(=O)N1CC2CCC(CC2)C1)n1cc(-c2ccc(S(N)(=O)=O)cc2)nn1. The molecule has 1 amide bonds. The number of carbonyl (C=O) groups is 1. The number of hydrogen-bond donors (Lipinski definition) is 1. The molecule has 1 aromatic heterocycles. The molecule has 2 bridgehead atoms. The van der Waals surface area contributed by atoms with Gasteiger partial charge in [-0.15, -0.1) is 5.10 Å². The lowest BCUT2D eigenvalue weighted by molar-refractivity contribution is -0.137. The normalized spacial score (nSPS) is 22.9. The highest BCUT2D eigenvalue weighted by atomic mass is 32.2. The lowest BCUT2D eigenvalue weighted by Gasteiger charge is -2.29. The van der Waals surface area contributed by atoms with Gasteiger partial charge in [-0.2, -0.15) is 0 Å². The predicted molar refractivity (Wildman–Crippen MR) is 113 cm³/mol. The lowest BCUT2D eigenvalue weighted by Crippen LogP contribution is -2.42. The fourth-order valence-corrected chi connectivity index (χ4v) is 5.24. The molecule has 9 heteroatoms. The third-order valence-corrected chi connectivity index (χ3v) is 7.32. The molecule has 3 aliphatic rings. The van der Waals surface area contributed by atoms with Gasteiger partial charge in [-0.25, -0.2) is 18.2 Å². The Kier molecular flexibility index (Phi) is 5.67. The van der Waals surface area contributed by atoms with Crippen LogP contribution in [0.4, 0.5) is 0 Å². The third kappa shape index (κ3) is 4.27. The van der Waals surface area contributed by atoms with E-state index >= 15 is 0 Å². The molecular formula is C21H29N5O3S. The molecule has 3 fully saturated rings. The molecule has 2 aromatic rings. The number of nitrogens with two attached hydrogens (primary N) is 1. The number of carbonyl (C=O) groups excluding carboxylic acids is 1. The molecule has 3 heterocycles. The molecule has 0 radical (unpaired) electrons. The van der Waals surface area contributed by atoms with Crippen LogP contribution in [0.15, 0.2) is 35.4 Å². The van der Waals surface area contributed by atoms with Crippen LogP contribution in [-0.2, 0) is 14.8 Å². The summed E-state index contributed by atoms with van der Waals surface area (Å²) in [5.41, 5.74) is 1.31. The largest absolute Gasteiger partial charge is 0.340 e. The van der Waals surface area contributed by atoms with E-state index in [1.54, 1.807) is 23.0 Å². The zero-order chi connectivity index (χ0) is 21.5. The Labute approximate surface area is 177 Å². The highest BCUT2D eigenvalue weighted by Gasteiger charge is 2.36. The highest BCUT2D eigenvalue weighted by Crippen LogP contribution is 2.35. The Morgan fingerprint density at radius 2 is 1.63 bits per heavy atom. The van der Waals surface area contributed by atoms with Crippen LogP contribution in [-0.4, -0.2) is 47.3 Å². The molecule has 2 aliphatic heterocycles. The topological polar surface area (TPSA) is 111 Å². The summed E-state index contributed by atoms with van der Waals surface area (Å²) in [6, 6.07) is 5.77. The fraction of sp³-hybridized carbons (Fsp3) is 0.571. The minimum Gasteiger partial charge on any atom is -0.340 e. The zero-order valence-electron chi connectivity index (χ0n) is 17.4. The van der Waals surface area contributed by atoms with E-state index in [1.165, 1.54) is 37.8 Å². The maximum atomic E-state index is 13.5. The number of sulfonamides is 1. The van der Waals surface area contributed by atoms with Crippen molar-refractivity contribution >= 4 is 15.9 Å². The van der Waals surface area contributed by atoms with Crippen molar-refractivity contribution in [3.05, 3.63) is 30.5 Å². The Morgan fingerprint density at radius 1 is 1.07 bits per heavy atom. The first-order chi connectivity index (χ1) is 14.2. The fourth-order valence-electron chi connectivity index (χ4n) is 4.73. The minimum atomic E-state index is -3.74. The van der Waals surface area contributed by atoms with E-state index in [0.29, 0.717) is 17.5 Å². The maximum absolute atomic E-state index is 13.5. The highest BCUT2D eigenvalue weighted by molar-refractivity contribution is 7.89. The molecule has 5 rings (SSSR count). The first-order valence-corrected chi connectivity index (χ1v) is 12.1. The van der Waals surface area contributed by atoms with Crippen molar-refractivity contribution in [3.63, 3.8) is 0 Å². The molecule has 0 spiro atoms.